The molecule has 1 aromatic rings. The molecule has 1 saturated heterocycles. The molecule has 1 heterocycles. The summed E-state index contributed by atoms with van der Waals surface area (Å²) >= 11 is 0. The summed E-state index contributed by atoms with van der Waals surface area (Å²) in [5.41, 5.74) is 0.284. The van der Waals surface area contributed by atoms with Crippen LogP contribution in [0, 0.1) is 17.5 Å². The predicted octanol–water partition coefficient (Wildman–Crippen LogP) is 4.05. The highest BCUT2D eigenvalue weighted by molar-refractivity contribution is 5.85. The van der Waals surface area contributed by atoms with Crippen molar-refractivity contribution in [1.29, 1.82) is 0 Å². The average molecular weight is 337 g/mol. The number of nitrogens with one attached hydrogen (secondary N) is 1. The van der Waals surface area contributed by atoms with E-state index in [2.05, 4.69) is 17.1 Å². The highest BCUT2D eigenvalue weighted by Gasteiger charge is 2.26. The van der Waals surface area contributed by atoms with E-state index in [0.29, 0.717) is 0 Å². The monoisotopic (exact) mass is 336 g/mol. The van der Waals surface area contributed by atoms with Gasteiger partial charge in [0.05, 0.1) is 0 Å². The number of unbranched alkanes of at least 4 members (excludes halogenated alkanes) is 2. The molecule has 1 aliphatic rings. The molecule has 0 spiro atoms. The molecule has 1 N–H and O–H groups in total. The largest absolute Gasteiger partial charge is 0.314 e. The lowest BCUT2D eigenvalue weighted by Gasteiger charge is -2.35. The van der Waals surface area contributed by atoms with Crippen LogP contribution < -0.4 is 5.32 Å². The van der Waals surface area contributed by atoms with Crippen molar-refractivity contribution in [3.05, 3.63) is 35.1 Å². The maximum absolute atomic E-state index is 14.1. The minimum absolute atomic E-state index is 0. The Morgan fingerprint density at radius 3 is 2.41 bits per heavy atom. The van der Waals surface area contributed by atoms with Gasteiger partial charge in [-0.3, -0.25) is 4.90 Å². The standard InChI is InChI=1S/C16H23F3N2.ClH/c1-2-3-4-5-14(21-10-8-20-9-11-21)12-6-7-13(17)16(19)15(12)18;/h6-7,14,20H,2-5,8-11H2,1H3;1H/t14-;/m0./s1. The van der Waals surface area contributed by atoms with Crippen LogP contribution in [0.15, 0.2) is 12.1 Å². The van der Waals surface area contributed by atoms with Crippen LogP contribution in [-0.4, -0.2) is 31.1 Å². The Balaban J connectivity index is 0.00000242. The van der Waals surface area contributed by atoms with E-state index in [1.54, 1.807) is 0 Å². The Labute approximate surface area is 136 Å². The quantitative estimate of drug-likeness (QED) is 0.622. The van der Waals surface area contributed by atoms with E-state index >= 15 is 0 Å². The molecule has 6 heteroatoms. The third kappa shape index (κ3) is 4.61. The van der Waals surface area contributed by atoms with E-state index < -0.39 is 17.5 Å². The third-order valence-corrected chi connectivity index (χ3v) is 4.10. The first-order valence-electron chi connectivity index (χ1n) is 7.73. The number of hydrogen-bond acceptors (Lipinski definition) is 2. The van der Waals surface area contributed by atoms with Crippen molar-refractivity contribution >= 4 is 12.4 Å². The average Bonchev–Trinajstić information content (AvgIpc) is 2.51. The van der Waals surface area contributed by atoms with Crippen LogP contribution >= 0.6 is 12.4 Å². The minimum atomic E-state index is -1.36. The fourth-order valence-corrected chi connectivity index (χ4v) is 2.91. The summed E-state index contributed by atoms with van der Waals surface area (Å²) in [7, 11) is 0. The Morgan fingerprint density at radius 2 is 1.77 bits per heavy atom. The summed E-state index contributed by atoms with van der Waals surface area (Å²) < 4.78 is 40.8. The molecule has 2 nitrogen and oxygen atoms in total. The number of nitrogens with zero attached hydrogens (tertiary/aromatic N) is 1. The molecule has 0 radical (unpaired) electrons. The summed E-state index contributed by atoms with van der Waals surface area (Å²) in [6.07, 6.45) is 3.88. The second kappa shape index (κ2) is 9.38. The Morgan fingerprint density at radius 1 is 1.09 bits per heavy atom. The van der Waals surface area contributed by atoms with E-state index in [-0.39, 0.29) is 24.0 Å². The zero-order valence-electron chi connectivity index (χ0n) is 12.9. The summed E-state index contributed by atoms with van der Waals surface area (Å²) in [6.45, 7) is 5.40. The van der Waals surface area contributed by atoms with Crippen LogP contribution in [-0.2, 0) is 0 Å². The van der Waals surface area contributed by atoms with E-state index in [9.17, 15) is 13.2 Å². The molecule has 0 aromatic heterocycles. The number of hydrogen-bond donors (Lipinski definition) is 1. The maximum atomic E-state index is 14.1. The maximum Gasteiger partial charge on any atom is 0.194 e. The topological polar surface area (TPSA) is 15.3 Å². The van der Waals surface area contributed by atoms with E-state index in [0.717, 1.165) is 57.9 Å². The van der Waals surface area contributed by atoms with E-state index in [4.69, 9.17) is 0 Å². The van der Waals surface area contributed by atoms with Crippen LogP contribution in [0.4, 0.5) is 13.2 Å². The van der Waals surface area contributed by atoms with Gasteiger partial charge in [-0.1, -0.05) is 32.3 Å². The van der Waals surface area contributed by atoms with Gasteiger partial charge >= 0.3 is 0 Å². The lowest BCUT2D eigenvalue weighted by molar-refractivity contribution is 0.158. The summed E-state index contributed by atoms with van der Waals surface area (Å²) in [5.74, 6) is -3.51. The van der Waals surface area contributed by atoms with Gasteiger partial charge in [0.25, 0.3) is 0 Å². The van der Waals surface area contributed by atoms with Gasteiger partial charge < -0.3 is 5.32 Å². The van der Waals surface area contributed by atoms with Gasteiger partial charge in [0, 0.05) is 37.8 Å². The number of piperazine rings is 1. The molecule has 2 rings (SSSR count). The van der Waals surface area contributed by atoms with Crippen LogP contribution in [0.3, 0.4) is 0 Å². The fourth-order valence-electron chi connectivity index (χ4n) is 2.91. The van der Waals surface area contributed by atoms with Gasteiger partial charge in [-0.2, -0.15) is 0 Å². The van der Waals surface area contributed by atoms with Gasteiger partial charge in [0.1, 0.15) is 0 Å². The van der Waals surface area contributed by atoms with E-state index in [1.165, 1.54) is 6.07 Å². The van der Waals surface area contributed by atoms with Gasteiger partial charge in [0.15, 0.2) is 17.5 Å². The minimum Gasteiger partial charge on any atom is -0.314 e. The molecule has 1 aliphatic heterocycles. The summed E-state index contributed by atoms with van der Waals surface area (Å²) in [5, 5.41) is 3.25. The van der Waals surface area contributed by atoms with Gasteiger partial charge in [-0.05, 0) is 12.5 Å². The molecule has 1 fully saturated rings. The normalized spacial score (nSPS) is 17.1. The van der Waals surface area contributed by atoms with Crippen molar-refractivity contribution in [1.82, 2.24) is 10.2 Å². The first kappa shape index (κ1) is 19.3. The van der Waals surface area contributed by atoms with Crippen molar-refractivity contribution in [3.8, 4) is 0 Å². The Bertz CT molecular complexity index is 465. The molecular weight excluding hydrogens is 313 g/mol. The van der Waals surface area contributed by atoms with E-state index in [1.807, 2.05) is 0 Å². The smallest absolute Gasteiger partial charge is 0.194 e. The molecule has 0 bridgehead atoms. The molecule has 126 valence electrons. The molecule has 0 saturated carbocycles. The molecular formula is C16H24ClF3N2. The molecule has 0 aliphatic carbocycles. The van der Waals surface area contributed by atoms with Crippen molar-refractivity contribution in [2.24, 2.45) is 0 Å². The summed E-state index contributed by atoms with van der Waals surface area (Å²) in [4.78, 5) is 2.17. The Hall–Kier alpha value is -0.780. The fraction of sp³-hybridized carbons (Fsp3) is 0.625. The molecule has 22 heavy (non-hydrogen) atoms. The first-order chi connectivity index (χ1) is 10.1. The van der Waals surface area contributed by atoms with Crippen LogP contribution in [0.25, 0.3) is 0 Å². The van der Waals surface area contributed by atoms with Gasteiger partial charge in [-0.25, -0.2) is 13.2 Å². The third-order valence-electron chi connectivity index (χ3n) is 4.10. The molecule has 0 amide bonds. The number of rotatable bonds is 6. The van der Waals surface area contributed by atoms with Crippen molar-refractivity contribution in [2.45, 2.75) is 38.6 Å². The van der Waals surface area contributed by atoms with Crippen LogP contribution in [0.1, 0.15) is 44.2 Å². The molecule has 0 unspecified atom stereocenters. The molecule has 1 aromatic carbocycles. The second-order valence-electron chi connectivity index (χ2n) is 5.56. The second-order valence-corrected chi connectivity index (χ2v) is 5.56. The van der Waals surface area contributed by atoms with Gasteiger partial charge in [0.2, 0.25) is 0 Å². The first-order valence-corrected chi connectivity index (χ1v) is 7.73. The van der Waals surface area contributed by atoms with Gasteiger partial charge in [-0.15, -0.1) is 12.4 Å². The summed E-state index contributed by atoms with van der Waals surface area (Å²) in [6, 6.07) is 2.25. The SMILES string of the molecule is CCCCC[C@@H](c1ccc(F)c(F)c1F)N1CCNCC1.Cl. The molecule has 1 atom stereocenters. The van der Waals surface area contributed by atoms with Crippen molar-refractivity contribution in [2.75, 3.05) is 26.2 Å². The highest BCUT2D eigenvalue weighted by atomic mass is 35.5. The predicted molar refractivity (Wildman–Crippen MR) is 84.9 cm³/mol. The van der Waals surface area contributed by atoms with Crippen molar-refractivity contribution in [3.63, 3.8) is 0 Å². The van der Waals surface area contributed by atoms with Crippen LogP contribution in [0.2, 0.25) is 0 Å². The highest BCUT2D eigenvalue weighted by Crippen LogP contribution is 2.30. The number of benzene rings is 1. The van der Waals surface area contributed by atoms with Crippen molar-refractivity contribution < 1.29 is 13.2 Å². The lowest BCUT2D eigenvalue weighted by atomic mass is 9.97. The zero-order valence-corrected chi connectivity index (χ0v) is 13.7. The zero-order chi connectivity index (χ0) is 15.2. The van der Waals surface area contributed by atoms with Crippen LogP contribution in [0.5, 0.6) is 0 Å². The Kier molecular flexibility index (Phi) is 8.21. The lowest BCUT2D eigenvalue weighted by Crippen LogP contribution is -2.45. The number of halogens is 4.